The molecular formula is C27H27ClN6O5S2. The number of piperazine rings is 1. The van der Waals surface area contributed by atoms with Crippen LogP contribution in [0.25, 0.3) is 21.3 Å². The number of H-pyrrole nitrogens is 1. The number of thiazole rings is 1. The number of hydrogen-bond acceptors (Lipinski definition) is 8. The molecule has 6 rings (SSSR count). The number of hydrogen-bond donors (Lipinski definition) is 1. The van der Waals surface area contributed by atoms with E-state index in [2.05, 4.69) is 9.97 Å². The molecule has 5 heterocycles. The van der Waals surface area contributed by atoms with E-state index in [1.54, 1.807) is 47.5 Å². The van der Waals surface area contributed by atoms with Crippen molar-refractivity contribution in [3.63, 3.8) is 0 Å². The lowest BCUT2D eigenvalue weighted by Crippen LogP contribution is -2.63. The van der Waals surface area contributed by atoms with Crippen LogP contribution in [0.1, 0.15) is 22.6 Å². The SMILES string of the molecule is O=CC(C1CN(S(=O)(=O)c2cc3cc(Cl)ccc3[nH]2)CCN1C(=O)c1ncc(-c2cc[n+]([O-])cc2)s1)N1CCCC1. The van der Waals surface area contributed by atoms with E-state index in [0.29, 0.717) is 33.7 Å². The first-order chi connectivity index (χ1) is 19.7. The second kappa shape index (κ2) is 11.1. The number of nitrogens with one attached hydrogen (secondary N) is 1. The van der Waals surface area contributed by atoms with Crippen LogP contribution in [0.3, 0.4) is 0 Å². The van der Waals surface area contributed by atoms with Gasteiger partial charge in [-0.1, -0.05) is 11.6 Å². The molecule has 3 aromatic heterocycles. The van der Waals surface area contributed by atoms with Gasteiger partial charge in [-0.3, -0.25) is 9.69 Å². The second-order valence-corrected chi connectivity index (χ2v) is 13.5. The number of amides is 1. The smallest absolute Gasteiger partial charge is 0.283 e. The van der Waals surface area contributed by atoms with Gasteiger partial charge in [0.1, 0.15) is 11.3 Å². The predicted octanol–water partition coefficient (Wildman–Crippen LogP) is 2.76. The van der Waals surface area contributed by atoms with Crippen LogP contribution in [0.15, 0.2) is 60.0 Å². The third kappa shape index (κ3) is 5.35. The van der Waals surface area contributed by atoms with Gasteiger partial charge in [-0.25, -0.2) is 13.4 Å². The lowest BCUT2D eigenvalue weighted by atomic mass is 10.0. The number of aldehydes is 1. The zero-order valence-electron chi connectivity index (χ0n) is 21.8. The Morgan fingerprint density at radius 2 is 1.90 bits per heavy atom. The van der Waals surface area contributed by atoms with Crippen LogP contribution in [0.4, 0.5) is 0 Å². The first kappa shape index (κ1) is 27.8. The average molecular weight is 615 g/mol. The molecule has 1 N–H and O–H groups in total. The molecule has 0 spiro atoms. The number of aromatic amines is 1. The molecule has 41 heavy (non-hydrogen) atoms. The number of fused-ring (bicyclic) bond motifs is 1. The van der Waals surface area contributed by atoms with E-state index in [1.165, 1.54) is 28.0 Å². The highest BCUT2D eigenvalue weighted by Gasteiger charge is 2.43. The molecule has 214 valence electrons. The van der Waals surface area contributed by atoms with E-state index in [0.717, 1.165) is 29.6 Å². The minimum atomic E-state index is -3.96. The highest BCUT2D eigenvalue weighted by molar-refractivity contribution is 7.89. The lowest BCUT2D eigenvalue weighted by molar-refractivity contribution is -0.605. The van der Waals surface area contributed by atoms with Gasteiger partial charge in [0.25, 0.3) is 15.9 Å². The molecule has 2 unspecified atom stereocenters. The number of likely N-dealkylation sites (tertiary alicyclic amines) is 1. The fourth-order valence-electron chi connectivity index (χ4n) is 5.57. The maximum absolute atomic E-state index is 13.8. The van der Waals surface area contributed by atoms with Crippen molar-refractivity contribution in [2.75, 3.05) is 32.7 Å². The number of carbonyl (C=O) groups is 2. The highest BCUT2D eigenvalue weighted by atomic mass is 35.5. The zero-order valence-corrected chi connectivity index (χ0v) is 24.2. The number of aromatic nitrogens is 3. The van der Waals surface area contributed by atoms with Gasteiger partial charge in [-0.05, 0) is 50.2 Å². The Kier molecular flexibility index (Phi) is 7.55. The molecule has 0 aliphatic carbocycles. The summed E-state index contributed by atoms with van der Waals surface area (Å²) in [6.45, 7) is 1.53. The van der Waals surface area contributed by atoms with Crippen molar-refractivity contribution in [1.29, 1.82) is 0 Å². The highest BCUT2D eigenvalue weighted by Crippen LogP contribution is 2.30. The molecule has 2 aliphatic rings. The van der Waals surface area contributed by atoms with Crippen LogP contribution in [-0.4, -0.2) is 89.5 Å². The molecule has 2 fully saturated rings. The van der Waals surface area contributed by atoms with E-state index in [4.69, 9.17) is 11.6 Å². The largest absolute Gasteiger partial charge is 0.619 e. The summed E-state index contributed by atoms with van der Waals surface area (Å²) in [6, 6.07) is 8.58. The van der Waals surface area contributed by atoms with Crippen molar-refractivity contribution >= 4 is 56.1 Å². The molecule has 11 nitrogen and oxygen atoms in total. The molecule has 2 aliphatic heterocycles. The van der Waals surface area contributed by atoms with Crippen molar-refractivity contribution < 1.29 is 22.7 Å². The number of pyridine rings is 1. The van der Waals surface area contributed by atoms with Gasteiger partial charge in [0, 0.05) is 59.5 Å². The Morgan fingerprint density at radius 3 is 2.63 bits per heavy atom. The quantitative estimate of drug-likeness (QED) is 0.192. The second-order valence-electron chi connectivity index (χ2n) is 10.1. The summed E-state index contributed by atoms with van der Waals surface area (Å²) in [5.41, 5.74) is 1.40. The predicted molar refractivity (Wildman–Crippen MR) is 154 cm³/mol. The number of rotatable bonds is 7. The molecular weight excluding hydrogens is 588 g/mol. The molecule has 4 aromatic rings. The summed E-state index contributed by atoms with van der Waals surface area (Å²) in [5.74, 6) is -0.357. The van der Waals surface area contributed by atoms with Crippen molar-refractivity contribution in [2.45, 2.75) is 30.0 Å². The summed E-state index contributed by atoms with van der Waals surface area (Å²) in [6.07, 6.45) is 7.02. The molecule has 1 amide bonds. The summed E-state index contributed by atoms with van der Waals surface area (Å²) < 4.78 is 29.6. The van der Waals surface area contributed by atoms with Gasteiger partial charge < -0.3 is 19.9 Å². The maximum Gasteiger partial charge on any atom is 0.283 e. The van der Waals surface area contributed by atoms with E-state index in [1.807, 2.05) is 4.90 Å². The first-order valence-corrected chi connectivity index (χ1v) is 15.8. The number of sulfonamides is 1. The third-order valence-electron chi connectivity index (χ3n) is 7.69. The lowest BCUT2D eigenvalue weighted by Gasteiger charge is -2.44. The van der Waals surface area contributed by atoms with Crippen LogP contribution >= 0.6 is 22.9 Å². The fourth-order valence-corrected chi connectivity index (χ4v) is 8.09. The summed E-state index contributed by atoms with van der Waals surface area (Å²) in [4.78, 5) is 38.0. The Labute approximate surface area is 245 Å². The standard InChI is InChI=1S/C27H27ClN6O5S2/c28-20-3-4-21-19(13-20)14-25(30-21)41(38,39)33-11-12-34(22(16-33)23(17-35)31-7-1-2-8-31)27(36)26-29-15-24(40-26)18-5-9-32(37)10-6-18/h3-6,9-10,13-15,17,22-23,30H,1-2,7-8,11-12,16H2. The molecule has 14 heteroatoms. The number of benzene rings is 1. The third-order valence-corrected chi connectivity index (χ3v) is 10.7. The molecule has 0 saturated carbocycles. The summed E-state index contributed by atoms with van der Waals surface area (Å²) in [5, 5.41) is 12.9. The van der Waals surface area contributed by atoms with Crippen molar-refractivity contribution in [2.24, 2.45) is 0 Å². The van der Waals surface area contributed by atoms with E-state index in [-0.39, 0.29) is 35.6 Å². The summed E-state index contributed by atoms with van der Waals surface area (Å²) in [7, 11) is -3.96. The Bertz CT molecular complexity index is 1700. The van der Waals surface area contributed by atoms with Gasteiger partial charge in [-0.2, -0.15) is 9.04 Å². The molecule has 0 radical (unpaired) electrons. The fraction of sp³-hybridized carbons (Fsp3) is 0.333. The monoisotopic (exact) mass is 614 g/mol. The normalized spacial score (nSPS) is 19.5. The van der Waals surface area contributed by atoms with E-state index >= 15 is 0 Å². The van der Waals surface area contributed by atoms with Gasteiger partial charge in [0.15, 0.2) is 17.4 Å². The first-order valence-electron chi connectivity index (χ1n) is 13.2. The van der Waals surface area contributed by atoms with Crippen LogP contribution in [-0.2, 0) is 14.8 Å². The van der Waals surface area contributed by atoms with Gasteiger partial charge in [-0.15, -0.1) is 11.3 Å². The van der Waals surface area contributed by atoms with Gasteiger partial charge in [0.05, 0.1) is 17.0 Å². The minimum absolute atomic E-state index is 0.0314. The molecule has 0 bridgehead atoms. The summed E-state index contributed by atoms with van der Waals surface area (Å²) >= 11 is 7.29. The Morgan fingerprint density at radius 1 is 1.15 bits per heavy atom. The number of nitrogens with zero attached hydrogens (tertiary/aromatic N) is 5. The molecule has 2 atom stereocenters. The van der Waals surface area contributed by atoms with Crippen molar-refractivity contribution in [3.05, 3.63) is 70.2 Å². The zero-order chi connectivity index (χ0) is 28.7. The number of carbonyl (C=O) groups excluding carboxylic acids is 2. The van der Waals surface area contributed by atoms with Crippen molar-refractivity contribution in [3.8, 4) is 10.4 Å². The van der Waals surface area contributed by atoms with E-state index in [9.17, 15) is 23.2 Å². The minimum Gasteiger partial charge on any atom is -0.619 e. The van der Waals surface area contributed by atoms with E-state index < -0.39 is 22.1 Å². The average Bonchev–Trinajstić information content (AvgIpc) is 3.75. The number of halogens is 1. The van der Waals surface area contributed by atoms with Crippen LogP contribution in [0, 0.1) is 5.21 Å². The van der Waals surface area contributed by atoms with Crippen LogP contribution < -0.4 is 4.73 Å². The topological polar surface area (TPSA) is 134 Å². The van der Waals surface area contributed by atoms with Crippen molar-refractivity contribution in [1.82, 2.24) is 24.1 Å². The maximum atomic E-state index is 13.8. The molecule has 1 aromatic carbocycles. The Balaban J connectivity index is 1.30. The molecule has 2 saturated heterocycles. The Hall–Kier alpha value is -3.36. The van der Waals surface area contributed by atoms with Gasteiger partial charge >= 0.3 is 0 Å². The van der Waals surface area contributed by atoms with Crippen LogP contribution in [0.2, 0.25) is 5.02 Å². The van der Waals surface area contributed by atoms with Crippen LogP contribution in [0.5, 0.6) is 0 Å². The van der Waals surface area contributed by atoms with Gasteiger partial charge in [0.2, 0.25) is 0 Å².